The number of aromatic nitrogens is 1. The molecule has 3 rings (SSSR count). The Morgan fingerprint density at radius 3 is 2.39 bits per heavy atom. The lowest BCUT2D eigenvalue weighted by Gasteiger charge is -2.35. The molecule has 0 spiro atoms. The number of nitriles is 1. The summed E-state index contributed by atoms with van der Waals surface area (Å²) in [5.41, 5.74) is 3.92. The second kappa shape index (κ2) is 9.34. The van der Waals surface area contributed by atoms with Gasteiger partial charge in [-0.15, -0.1) is 0 Å². The summed E-state index contributed by atoms with van der Waals surface area (Å²) in [5.74, 6) is 0.762. The van der Waals surface area contributed by atoms with E-state index in [-0.39, 0.29) is 5.91 Å². The molecule has 0 bridgehead atoms. The molecule has 28 heavy (non-hydrogen) atoms. The summed E-state index contributed by atoms with van der Waals surface area (Å²) in [6.45, 7) is 7.64. The number of benzene rings is 1. The zero-order valence-corrected chi connectivity index (χ0v) is 16.6. The van der Waals surface area contributed by atoms with Crippen LogP contribution in [0.2, 0.25) is 0 Å². The maximum Gasteiger partial charge on any atom is 0.238 e. The van der Waals surface area contributed by atoms with E-state index in [1.165, 1.54) is 11.1 Å². The number of amides is 1. The summed E-state index contributed by atoms with van der Waals surface area (Å²) in [6.07, 6.45) is 3.51. The van der Waals surface area contributed by atoms with Crippen LogP contribution in [0.4, 0.5) is 11.5 Å². The highest BCUT2D eigenvalue weighted by molar-refractivity contribution is 5.93. The van der Waals surface area contributed by atoms with Crippen molar-refractivity contribution in [3.63, 3.8) is 0 Å². The summed E-state index contributed by atoms with van der Waals surface area (Å²) in [6, 6.07) is 12.0. The molecule has 0 aliphatic carbocycles. The number of para-hydroxylation sites is 1. The van der Waals surface area contributed by atoms with Gasteiger partial charge < -0.3 is 10.2 Å². The number of anilines is 2. The normalized spacial score (nSPS) is 14.5. The van der Waals surface area contributed by atoms with Gasteiger partial charge in [0, 0.05) is 38.1 Å². The Kier molecular flexibility index (Phi) is 6.62. The fourth-order valence-electron chi connectivity index (χ4n) is 3.64. The van der Waals surface area contributed by atoms with Crippen LogP contribution in [0, 0.1) is 11.3 Å². The molecule has 0 unspecified atom stereocenters. The predicted molar refractivity (Wildman–Crippen MR) is 111 cm³/mol. The molecule has 1 aliphatic rings. The first kappa shape index (κ1) is 19.8. The van der Waals surface area contributed by atoms with Crippen LogP contribution in [-0.2, 0) is 17.6 Å². The van der Waals surface area contributed by atoms with E-state index in [2.05, 4.69) is 58.2 Å². The summed E-state index contributed by atoms with van der Waals surface area (Å²) in [5, 5.41) is 12.4. The van der Waals surface area contributed by atoms with E-state index in [0.29, 0.717) is 12.1 Å². The van der Waals surface area contributed by atoms with Crippen LogP contribution in [0.25, 0.3) is 0 Å². The van der Waals surface area contributed by atoms with Crippen LogP contribution in [0.1, 0.15) is 30.5 Å². The molecule has 1 aromatic heterocycles. The maximum atomic E-state index is 12.6. The molecule has 1 amide bonds. The Labute approximate surface area is 166 Å². The molecule has 146 valence electrons. The third-order valence-corrected chi connectivity index (χ3v) is 5.21. The number of nitrogens with zero attached hydrogens (tertiary/aromatic N) is 4. The Bertz CT molecular complexity index is 843. The zero-order valence-electron chi connectivity index (χ0n) is 16.6. The number of aryl methyl sites for hydroxylation is 2. The molecular formula is C22H27N5O. The van der Waals surface area contributed by atoms with Crippen molar-refractivity contribution < 1.29 is 4.79 Å². The highest BCUT2D eigenvalue weighted by Crippen LogP contribution is 2.23. The summed E-state index contributed by atoms with van der Waals surface area (Å²) < 4.78 is 0. The molecule has 1 saturated heterocycles. The zero-order chi connectivity index (χ0) is 19.9. The number of rotatable bonds is 6. The number of hydrogen-bond donors (Lipinski definition) is 1. The first-order chi connectivity index (χ1) is 13.7. The molecule has 1 aliphatic heterocycles. The fourth-order valence-corrected chi connectivity index (χ4v) is 3.64. The van der Waals surface area contributed by atoms with Gasteiger partial charge in [-0.2, -0.15) is 5.26 Å². The minimum Gasteiger partial charge on any atom is -0.353 e. The van der Waals surface area contributed by atoms with Crippen LogP contribution in [0.3, 0.4) is 0 Å². The standard InChI is InChI=1S/C22H27N5O/c1-3-17-7-5-8-18(4-2)21(17)25-20(28)16-26-11-13-27(14-12-26)22-19(15-23)9-6-10-24-22/h5-10H,3-4,11-14,16H2,1-2H3,(H,25,28). The smallest absolute Gasteiger partial charge is 0.238 e. The summed E-state index contributed by atoms with van der Waals surface area (Å²) >= 11 is 0. The minimum atomic E-state index is 0.0274. The molecule has 6 heteroatoms. The van der Waals surface area contributed by atoms with Crippen LogP contribution in [0.5, 0.6) is 0 Å². The fraction of sp³-hybridized carbons (Fsp3) is 0.409. The lowest BCUT2D eigenvalue weighted by molar-refractivity contribution is -0.117. The van der Waals surface area contributed by atoms with E-state index in [0.717, 1.165) is 50.5 Å². The molecule has 1 N–H and O–H groups in total. The second-order valence-electron chi connectivity index (χ2n) is 6.96. The third kappa shape index (κ3) is 4.49. The first-order valence-electron chi connectivity index (χ1n) is 9.89. The van der Waals surface area contributed by atoms with Crippen molar-refractivity contribution in [3.8, 4) is 6.07 Å². The molecule has 2 heterocycles. The van der Waals surface area contributed by atoms with Crippen molar-refractivity contribution in [1.29, 1.82) is 5.26 Å². The molecule has 1 aromatic carbocycles. The quantitative estimate of drug-likeness (QED) is 0.838. The largest absolute Gasteiger partial charge is 0.353 e. The van der Waals surface area contributed by atoms with Crippen LogP contribution in [-0.4, -0.2) is 48.5 Å². The van der Waals surface area contributed by atoms with Gasteiger partial charge in [0.1, 0.15) is 11.9 Å². The summed E-state index contributed by atoms with van der Waals surface area (Å²) in [4.78, 5) is 21.3. The average molecular weight is 377 g/mol. The summed E-state index contributed by atoms with van der Waals surface area (Å²) in [7, 11) is 0. The van der Waals surface area contributed by atoms with Gasteiger partial charge in [-0.3, -0.25) is 9.69 Å². The van der Waals surface area contributed by atoms with E-state index in [1.807, 2.05) is 0 Å². The Balaban J connectivity index is 1.58. The highest BCUT2D eigenvalue weighted by atomic mass is 16.2. The van der Waals surface area contributed by atoms with Gasteiger partial charge in [0.2, 0.25) is 5.91 Å². The van der Waals surface area contributed by atoms with Gasteiger partial charge in [-0.1, -0.05) is 32.0 Å². The molecule has 0 saturated carbocycles. The number of carbonyl (C=O) groups excluding carboxylic acids is 1. The van der Waals surface area contributed by atoms with Crippen LogP contribution >= 0.6 is 0 Å². The molecule has 0 radical (unpaired) electrons. The maximum absolute atomic E-state index is 12.6. The van der Waals surface area contributed by atoms with E-state index >= 15 is 0 Å². The van der Waals surface area contributed by atoms with Gasteiger partial charge in [0.15, 0.2) is 0 Å². The number of piperazine rings is 1. The topological polar surface area (TPSA) is 72.3 Å². The van der Waals surface area contributed by atoms with Gasteiger partial charge in [0.05, 0.1) is 12.1 Å². The Morgan fingerprint density at radius 2 is 1.79 bits per heavy atom. The van der Waals surface area contributed by atoms with E-state index in [1.54, 1.807) is 18.3 Å². The Hall–Kier alpha value is -2.91. The Morgan fingerprint density at radius 1 is 1.11 bits per heavy atom. The lowest BCUT2D eigenvalue weighted by atomic mass is 10.0. The van der Waals surface area contributed by atoms with Gasteiger partial charge in [0.25, 0.3) is 0 Å². The van der Waals surface area contributed by atoms with Crippen molar-refractivity contribution >= 4 is 17.4 Å². The molecule has 1 fully saturated rings. The number of pyridine rings is 1. The molecule has 0 atom stereocenters. The van der Waals surface area contributed by atoms with Crippen molar-refractivity contribution in [1.82, 2.24) is 9.88 Å². The van der Waals surface area contributed by atoms with Crippen molar-refractivity contribution in [2.45, 2.75) is 26.7 Å². The number of carbonyl (C=O) groups is 1. The molecule has 6 nitrogen and oxygen atoms in total. The minimum absolute atomic E-state index is 0.0274. The number of hydrogen-bond acceptors (Lipinski definition) is 5. The molecular weight excluding hydrogens is 350 g/mol. The van der Waals surface area contributed by atoms with E-state index in [9.17, 15) is 10.1 Å². The predicted octanol–water partition coefficient (Wildman–Crippen LogP) is 2.84. The lowest BCUT2D eigenvalue weighted by Crippen LogP contribution is -2.49. The van der Waals surface area contributed by atoms with E-state index in [4.69, 9.17) is 0 Å². The van der Waals surface area contributed by atoms with E-state index < -0.39 is 0 Å². The SMILES string of the molecule is CCc1cccc(CC)c1NC(=O)CN1CCN(c2ncccc2C#N)CC1. The van der Waals surface area contributed by atoms with Crippen LogP contribution < -0.4 is 10.2 Å². The van der Waals surface area contributed by atoms with Gasteiger partial charge in [-0.05, 0) is 36.1 Å². The van der Waals surface area contributed by atoms with Crippen LogP contribution in [0.15, 0.2) is 36.5 Å². The first-order valence-corrected chi connectivity index (χ1v) is 9.89. The third-order valence-electron chi connectivity index (χ3n) is 5.21. The second-order valence-corrected chi connectivity index (χ2v) is 6.96. The van der Waals surface area contributed by atoms with Crippen molar-refractivity contribution in [3.05, 3.63) is 53.2 Å². The molecule has 2 aromatic rings. The van der Waals surface area contributed by atoms with Crippen molar-refractivity contribution in [2.24, 2.45) is 0 Å². The monoisotopic (exact) mass is 377 g/mol. The van der Waals surface area contributed by atoms with Crippen molar-refractivity contribution in [2.75, 3.05) is 42.9 Å². The van der Waals surface area contributed by atoms with Gasteiger partial charge >= 0.3 is 0 Å². The van der Waals surface area contributed by atoms with Gasteiger partial charge in [-0.25, -0.2) is 4.98 Å². The average Bonchev–Trinajstić information content (AvgIpc) is 2.74. The number of nitrogens with one attached hydrogen (secondary N) is 1. The highest BCUT2D eigenvalue weighted by Gasteiger charge is 2.22.